The van der Waals surface area contributed by atoms with E-state index in [1.54, 1.807) is 0 Å². The maximum atomic E-state index is 10.3. The van der Waals surface area contributed by atoms with Crippen LogP contribution in [-0.2, 0) is 6.42 Å². The number of nitrogens with one attached hydrogen (secondary N) is 1. The van der Waals surface area contributed by atoms with E-state index in [-0.39, 0.29) is 6.54 Å². The molecule has 1 atom stereocenters. The number of benzene rings is 1. The topological polar surface area (TPSA) is 114 Å². The zero-order valence-electron chi connectivity index (χ0n) is 10.8. The third-order valence-corrected chi connectivity index (χ3v) is 2.74. The number of amides is 1. The lowest BCUT2D eigenvalue weighted by Crippen LogP contribution is -2.25. The molecule has 0 saturated carbocycles. The van der Waals surface area contributed by atoms with Crippen molar-refractivity contribution in [2.24, 2.45) is 5.73 Å². The molecule has 7 nitrogen and oxygen atoms in total. The Morgan fingerprint density at radius 1 is 1.40 bits per heavy atom. The maximum Gasteiger partial charge on any atom is 0.404 e. The van der Waals surface area contributed by atoms with Gasteiger partial charge in [0, 0.05) is 13.0 Å². The first-order valence-electron chi connectivity index (χ1n) is 6.24. The fourth-order valence-corrected chi connectivity index (χ4v) is 1.73. The Morgan fingerprint density at radius 2 is 2.15 bits per heavy atom. The van der Waals surface area contributed by atoms with Crippen LogP contribution in [0.25, 0.3) is 0 Å². The molecule has 7 heteroatoms. The first-order chi connectivity index (χ1) is 9.65. The van der Waals surface area contributed by atoms with Gasteiger partial charge >= 0.3 is 6.09 Å². The summed E-state index contributed by atoms with van der Waals surface area (Å²) >= 11 is 0. The second kappa shape index (κ2) is 6.67. The molecular weight excluding hydrogens is 260 g/mol. The Morgan fingerprint density at radius 3 is 2.85 bits per heavy atom. The van der Waals surface area contributed by atoms with Crippen LogP contribution in [-0.4, -0.2) is 27.9 Å². The first kappa shape index (κ1) is 14.0. The number of nitrogens with two attached hydrogens (primary N) is 1. The Kier molecular flexibility index (Phi) is 4.67. The van der Waals surface area contributed by atoms with E-state index in [2.05, 4.69) is 15.5 Å². The van der Waals surface area contributed by atoms with Crippen molar-refractivity contribution in [3.63, 3.8) is 0 Å². The van der Waals surface area contributed by atoms with Crippen LogP contribution in [0.1, 0.15) is 29.7 Å². The van der Waals surface area contributed by atoms with Gasteiger partial charge in [-0.3, -0.25) is 0 Å². The SMILES string of the molecule is N[C@@H](CCNC(=O)O)c1nc(Cc2ccccc2)no1. The Hall–Kier alpha value is -2.41. The molecule has 0 unspecified atom stereocenters. The van der Waals surface area contributed by atoms with Crippen LogP contribution in [0, 0.1) is 0 Å². The molecule has 0 bridgehead atoms. The average Bonchev–Trinajstić information content (AvgIpc) is 2.88. The van der Waals surface area contributed by atoms with Crippen molar-refractivity contribution in [3.05, 3.63) is 47.6 Å². The van der Waals surface area contributed by atoms with Gasteiger partial charge < -0.3 is 20.7 Å². The Labute approximate surface area is 115 Å². The molecule has 1 aromatic carbocycles. The van der Waals surface area contributed by atoms with Crippen molar-refractivity contribution in [2.75, 3.05) is 6.54 Å². The summed E-state index contributed by atoms with van der Waals surface area (Å²) in [4.78, 5) is 14.5. The van der Waals surface area contributed by atoms with Gasteiger partial charge in [-0.2, -0.15) is 4.98 Å². The minimum Gasteiger partial charge on any atom is -0.465 e. The molecule has 20 heavy (non-hydrogen) atoms. The van der Waals surface area contributed by atoms with Crippen molar-refractivity contribution in [3.8, 4) is 0 Å². The van der Waals surface area contributed by atoms with Gasteiger partial charge in [-0.05, 0) is 12.0 Å². The standard InChI is InChI=1S/C13H16N4O3/c14-10(6-7-15-13(18)19)12-16-11(17-20-12)8-9-4-2-1-3-5-9/h1-5,10,15H,6-8,14H2,(H,18,19)/t10-/m0/s1. The number of aromatic nitrogens is 2. The fraction of sp³-hybridized carbons (Fsp3) is 0.308. The van der Waals surface area contributed by atoms with E-state index < -0.39 is 12.1 Å². The Bertz CT molecular complexity index is 556. The van der Waals surface area contributed by atoms with E-state index in [4.69, 9.17) is 15.4 Å². The first-order valence-corrected chi connectivity index (χ1v) is 6.24. The lowest BCUT2D eigenvalue weighted by atomic mass is 10.1. The smallest absolute Gasteiger partial charge is 0.404 e. The highest BCUT2D eigenvalue weighted by Crippen LogP contribution is 2.13. The number of carbonyl (C=O) groups is 1. The second-order valence-electron chi connectivity index (χ2n) is 4.34. The van der Waals surface area contributed by atoms with Crippen molar-refractivity contribution in [1.82, 2.24) is 15.5 Å². The summed E-state index contributed by atoms with van der Waals surface area (Å²) in [5.74, 6) is 0.885. The summed E-state index contributed by atoms with van der Waals surface area (Å²) in [5, 5.41) is 14.6. The third kappa shape index (κ3) is 4.06. The number of hydrogen-bond donors (Lipinski definition) is 3. The van der Waals surface area contributed by atoms with Crippen LogP contribution in [0.15, 0.2) is 34.9 Å². The normalized spacial score (nSPS) is 12.1. The van der Waals surface area contributed by atoms with Crippen molar-refractivity contribution in [1.29, 1.82) is 0 Å². The van der Waals surface area contributed by atoms with Crippen LogP contribution < -0.4 is 11.1 Å². The highest BCUT2D eigenvalue weighted by molar-refractivity contribution is 5.64. The van der Waals surface area contributed by atoms with Gasteiger partial charge in [-0.1, -0.05) is 35.5 Å². The molecule has 0 aliphatic carbocycles. The lowest BCUT2D eigenvalue weighted by Gasteiger charge is -2.05. The van der Waals surface area contributed by atoms with Gasteiger partial charge in [0.1, 0.15) is 0 Å². The van der Waals surface area contributed by atoms with E-state index in [1.807, 2.05) is 30.3 Å². The summed E-state index contributed by atoms with van der Waals surface area (Å²) in [6.45, 7) is 0.243. The van der Waals surface area contributed by atoms with E-state index in [0.717, 1.165) is 5.56 Å². The monoisotopic (exact) mass is 276 g/mol. The number of nitrogens with zero attached hydrogens (tertiary/aromatic N) is 2. The highest BCUT2D eigenvalue weighted by atomic mass is 16.5. The largest absolute Gasteiger partial charge is 0.465 e. The summed E-state index contributed by atoms with van der Waals surface area (Å²) in [5.41, 5.74) is 6.94. The number of rotatable bonds is 6. The minimum absolute atomic E-state index is 0.243. The van der Waals surface area contributed by atoms with Crippen LogP contribution in [0.4, 0.5) is 4.79 Å². The van der Waals surface area contributed by atoms with Gasteiger partial charge in [-0.15, -0.1) is 0 Å². The van der Waals surface area contributed by atoms with Crippen molar-refractivity contribution >= 4 is 6.09 Å². The summed E-state index contributed by atoms with van der Waals surface area (Å²) < 4.78 is 5.09. The predicted octanol–water partition coefficient (Wildman–Crippen LogP) is 1.32. The van der Waals surface area contributed by atoms with Crippen molar-refractivity contribution in [2.45, 2.75) is 18.9 Å². The summed E-state index contributed by atoms with van der Waals surface area (Å²) in [6.07, 6.45) is -0.100. The minimum atomic E-state index is -1.08. The molecule has 1 aromatic heterocycles. The highest BCUT2D eigenvalue weighted by Gasteiger charge is 2.15. The van der Waals surface area contributed by atoms with Gasteiger partial charge in [0.25, 0.3) is 0 Å². The van der Waals surface area contributed by atoms with Gasteiger partial charge in [0.05, 0.1) is 6.04 Å². The molecule has 106 valence electrons. The molecule has 1 amide bonds. The molecule has 0 saturated heterocycles. The lowest BCUT2D eigenvalue weighted by molar-refractivity contribution is 0.194. The molecule has 0 radical (unpaired) electrons. The molecule has 0 aliphatic heterocycles. The van der Waals surface area contributed by atoms with Crippen LogP contribution in [0.2, 0.25) is 0 Å². The quantitative estimate of drug-likeness (QED) is 0.733. The average molecular weight is 276 g/mol. The number of hydrogen-bond acceptors (Lipinski definition) is 5. The zero-order chi connectivity index (χ0) is 14.4. The molecule has 1 heterocycles. The summed E-state index contributed by atoms with van der Waals surface area (Å²) in [6, 6.07) is 9.31. The molecule has 0 spiro atoms. The van der Waals surface area contributed by atoms with Crippen LogP contribution >= 0.6 is 0 Å². The number of carboxylic acid groups (broad SMARTS) is 1. The van der Waals surface area contributed by atoms with Crippen LogP contribution in [0.3, 0.4) is 0 Å². The molecular formula is C13H16N4O3. The molecule has 0 fully saturated rings. The van der Waals surface area contributed by atoms with Gasteiger partial charge in [0.2, 0.25) is 5.89 Å². The molecule has 2 rings (SSSR count). The van der Waals surface area contributed by atoms with Gasteiger partial charge in [-0.25, -0.2) is 4.79 Å². The fourth-order valence-electron chi connectivity index (χ4n) is 1.73. The van der Waals surface area contributed by atoms with E-state index in [1.165, 1.54) is 0 Å². The van der Waals surface area contributed by atoms with Gasteiger partial charge in [0.15, 0.2) is 5.82 Å². The maximum absolute atomic E-state index is 10.3. The third-order valence-electron chi connectivity index (χ3n) is 2.74. The Balaban J connectivity index is 1.89. The summed E-state index contributed by atoms with van der Waals surface area (Å²) in [7, 11) is 0. The molecule has 4 N–H and O–H groups in total. The van der Waals surface area contributed by atoms with Crippen molar-refractivity contribution < 1.29 is 14.4 Å². The second-order valence-corrected chi connectivity index (χ2v) is 4.34. The van der Waals surface area contributed by atoms with Crippen LogP contribution in [0.5, 0.6) is 0 Å². The predicted molar refractivity (Wildman–Crippen MR) is 71.1 cm³/mol. The van der Waals surface area contributed by atoms with E-state index in [0.29, 0.717) is 24.6 Å². The van der Waals surface area contributed by atoms with E-state index in [9.17, 15) is 4.79 Å². The molecule has 0 aliphatic rings. The zero-order valence-corrected chi connectivity index (χ0v) is 10.8. The molecule has 2 aromatic rings. The van der Waals surface area contributed by atoms with E-state index >= 15 is 0 Å².